The monoisotopic (exact) mass is 181 g/mol. The zero-order valence-electron chi connectivity index (χ0n) is 8.89. The minimum absolute atomic E-state index is 0.878. The zero-order chi connectivity index (χ0) is 9.10. The predicted octanol–water partition coefficient (Wildman–Crippen LogP) is 2.95. The number of hydrogen-bond donors (Lipinski definition) is 1. The maximum Gasteiger partial charge on any atom is 0.00963 e. The summed E-state index contributed by atoms with van der Waals surface area (Å²) in [6.45, 7) is 3.62. The molecular formula is C12H23N. The highest BCUT2D eigenvalue weighted by molar-refractivity contribution is 4.89. The fourth-order valence-electron chi connectivity index (χ4n) is 2.56. The average molecular weight is 181 g/mol. The van der Waals surface area contributed by atoms with Crippen LogP contribution in [0.25, 0.3) is 0 Å². The molecule has 2 saturated carbocycles. The van der Waals surface area contributed by atoms with Crippen LogP contribution >= 0.6 is 0 Å². The molecule has 1 heteroatoms. The van der Waals surface area contributed by atoms with Gasteiger partial charge in [-0.1, -0.05) is 39.0 Å². The summed E-state index contributed by atoms with van der Waals surface area (Å²) in [7, 11) is 0. The van der Waals surface area contributed by atoms with Gasteiger partial charge in [-0.3, -0.25) is 0 Å². The second kappa shape index (κ2) is 4.45. The summed E-state index contributed by atoms with van der Waals surface area (Å²) in [5.74, 6) is 2.02. The third-order valence-corrected chi connectivity index (χ3v) is 3.79. The van der Waals surface area contributed by atoms with Gasteiger partial charge < -0.3 is 5.32 Å². The van der Waals surface area contributed by atoms with Gasteiger partial charge in [0.25, 0.3) is 0 Å². The Bertz CT molecular complexity index is 149. The molecule has 0 aliphatic heterocycles. The molecule has 0 heterocycles. The van der Waals surface area contributed by atoms with Gasteiger partial charge in [-0.15, -0.1) is 0 Å². The summed E-state index contributed by atoms with van der Waals surface area (Å²) in [5.41, 5.74) is 0. The van der Waals surface area contributed by atoms with Gasteiger partial charge in [0.2, 0.25) is 0 Å². The maximum absolute atomic E-state index is 3.65. The summed E-state index contributed by atoms with van der Waals surface area (Å²) in [5, 5.41) is 3.65. The molecule has 0 aromatic carbocycles. The van der Waals surface area contributed by atoms with Crippen molar-refractivity contribution in [2.75, 3.05) is 6.54 Å². The van der Waals surface area contributed by atoms with E-state index in [9.17, 15) is 0 Å². The molecule has 0 radical (unpaired) electrons. The summed E-state index contributed by atoms with van der Waals surface area (Å²) >= 11 is 0. The third-order valence-electron chi connectivity index (χ3n) is 3.79. The van der Waals surface area contributed by atoms with Crippen molar-refractivity contribution >= 4 is 0 Å². The van der Waals surface area contributed by atoms with Gasteiger partial charge >= 0.3 is 0 Å². The Morgan fingerprint density at radius 2 is 1.85 bits per heavy atom. The Labute approximate surface area is 82.3 Å². The second-order valence-corrected chi connectivity index (χ2v) is 5.07. The minimum Gasteiger partial charge on any atom is -0.314 e. The Morgan fingerprint density at radius 1 is 1.15 bits per heavy atom. The van der Waals surface area contributed by atoms with Crippen LogP contribution in [-0.2, 0) is 0 Å². The van der Waals surface area contributed by atoms with Crippen LogP contribution < -0.4 is 5.32 Å². The molecule has 1 N–H and O–H groups in total. The molecule has 2 unspecified atom stereocenters. The van der Waals surface area contributed by atoms with E-state index in [4.69, 9.17) is 0 Å². The van der Waals surface area contributed by atoms with Crippen LogP contribution in [0.5, 0.6) is 0 Å². The lowest BCUT2D eigenvalue weighted by atomic mass is 9.87. The molecule has 2 aliphatic rings. The average Bonchev–Trinajstić information content (AvgIpc) is 2.84. The maximum atomic E-state index is 3.65. The smallest absolute Gasteiger partial charge is 0.00963 e. The molecule has 0 bridgehead atoms. The first-order chi connectivity index (χ1) is 6.36. The van der Waals surface area contributed by atoms with Crippen molar-refractivity contribution in [1.29, 1.82) is 0 Å². The highest BCUT2D eigenvalue weighted by Gasteiger charge is 2.31. The van der Waals surface area contributed by atoms with E-state index in [0.29, 0.717) is 0 Å². The molecule has 76 valence electrons. The van der Waals surface area contributed by atoms with E-state index in [2.05, 4.69) is 12.2 Å². The van der Waals surface area contributed by atoms with Crippen LogP contribution in [0, 0.1) is 11.8 Å². The van der Waals surface area contributed by atoms with Gasteiger partial charge in [-0.25, -0.2) is 0 Å². The minimum atomic E-state index is 0.878. The predicted molar refractivity (Wildman–Crippen MR) is 56.8 cm³/mol. The molecule has 0 aromatic rings. The van der Waals surface area contributed by atoms with E-state index in [1.165, 1.54) is 51.5 Å². The lowest BCUT2D eigenvalue weighted by molar-refractivity contribution is 0.333. The molecule has 2 fully saturated rings. The Kier molecular flexibility index (Phi) is 3.26. The lowest BCUT2D eigenvalue weighted by Gasteiger charge is -2.21. The molecule has 2 atom stereocenters. The molecule has 1 nitrogen and oxygen atoms in total. The van der Waals surface area contributed by atoms with Crippen LogP contribution in [0.15, 0.2) is 0 Å². The highest BCUT2D eigenvalue weighted by atomic mass is 15.0. The van der Waals surface area contributed by atoms with Crippen molar-refractivity contribution in [2.24, 2.45) is 11.8 Å². The quantitative estimate of drug-likeness (QED) is 0.703. The van der Waals surface area contributed by atoms with E-state index in [-0.39, 0.29) is 0 Å². The SMILES string of the molecule is CC1CC1NCCC1CCCCC1. The fraction of sp³-hybridized carbons (Fsp3) is 1.00. The zero-order valence-corrected chi connectivity index (χ0v) is 8.89. The van der Waals surface area contributed by atoms with Crippen molar-refractivity contribution < 1.29 is 0 Å². The van der Waals surface area contributed by atoms with Gasteiger partial charge in [0.1, 0.15) is 0 Å². The van der Waals surface area contributed by atoms with E-state index >= 15 is 0 Å². The molecule has 2 rings (SSSR count). The lowest BCUT2D eigenvalue weighted by Crippen LogP contribution is -2.22. The fourth-order valence-corrected chi connectivity index (χ4v) is 2.56. The third kappa shape index (κ3) is 2.98. The second-order valence-electron chi connectivity index (χ2n) is 5.07. The van der Waals surface area contributed by atoms with E-state index in [0.717, 1.165) is 17.9 Å². The van der Waals surface area contributed by atoms with Crippen molar-refractivity contribution in [3.8, 4) is 0 Å². The Balaban J connectivity index is 1.51. The topological polar surface area (TPSA) is 12.0 Å². The first-order valence-corrected chi connectivity index (χ1v) is 6.09. The molecular weight excluding hydrogens is 158 g/mol. The van der Waals surface area contributed by atoms with Gasteiger partial charge in [0.05, 0.1) is 0 Å². The number of nitrogens with one attached hydrogen (secondary N) is 1. The van der Waals surface area contributed by atoms with E-state index in [1.54, 1.807) is 0 Å². The van der Waals surface area contributed by atoms with Crippen molar-refractivity contribution in [3.63, 3.8) is 0 Å². The summed E-state index contributed by atoms with van der Waals surface area (Å²) in [4.78, 5) is 0. The van der Waals surface area contributed by atoms with Crippen LogP contribution in [0.1, 0.15) is 51.9 Å². The highest BCUT2D eigenvalue weighted by Crippen LogP contribution is 2.30. The molecule has 13 heavy (non-hydrogen) atoms. The normalized spacial score (nSPS) is 34.8. The van der Waals surface area contributed by atoms with Crippen LogP contribution in [0.3, 0.4) is 0 Å². The van der Waals surface area contributed by atoms with E-state index < -0.39 is 0 Å². The standard InChI is InChI=1S/C12H23N/c1-10-9-12(10)13-8-7-11-5-3-2-4-6-11/h10-13H,2-9H2,1H3. The Morgan fingerprint density at radius 3 is 2.46 bits per heavy atom. The van der Waals surface area contributed by atoms with Gasteiger partial charge in [-0.05, 0) is 31.2 Å². The summed E-state index contributed by atoms with van der Waals surface area (Å²) in [6, 6.07) is 0.878. The first-order valence-electron chi connectivity index (χ1n) is 6.09. The Hall–Kier alpha value is -0.0400. The molecule has 0 amide bonds. The van der Waals surface area contributed by atoms with Crippen molar-refractivity contribution in [1.82, 2.24) is 5.32 Å². The first kappa shape index (κ1) is 9.51. The van der Waals surface area contributed by atoms with Crippen molar-refractivity contribution in [2.45, 2.75) is 57.9 Å². The number of hydrogen-bond acceptors (Lipinski definition) is 1. The van der Waals surface area contributed by atoms with E-state index in [1.807, 2.05) is 0 Å². The van der Waals surface area contributed by atoms with Crippen LogP contribution in [0.2, 0.25) is 0 Å². The van der Waals surface area contributed by atoms with Crippen LogP contribution in [-0.4, -0.2) is 12.6 Å². The van der Waals surface area contributed by atoms with Crippen molar-refractivity contribution in [3.05, 3.63) is 0 Å². The molecule has 2 aliphatic carbocycles. The molecule has 0 aromatic heterocycles. The van der Waals surface area contributed by atoms with Gasteiger partial charge in [0, 0.05) is 6.04 Å². The largest absolute Gasteiger partial charge is 0.314 e. The van der Waals surface area contributed by atoms with Gasteiger partial charge in [0.15, 0.2) is 0 Å². The number of rotatable bonds is 4. The van der Waals surface area contributed by atoms with Gasteiger partial charge in [-0.2, -0.15) is 0 Å². The van der Waals surface area contributed by atoms with Crippen LogP contribution in [0.4, 0.5) is 0 Å². The molecule has 0 spiro atoms. The molecule has 0 saturated heterocycles. The summed E-state index contributed by atoms with van der Waals surface area (Å²) < 4.78 is 0. The summed E-state index contributed by atoms with van der Waals surface area (Å²) in [6.07, 6.45) is 10.3.